The maximum Gasteiger partial charge on any atom is 0.270 e. The predicted octanol–water partition coefficient (Wildman–Crippen LogP) is 2.68. The van der Waals surface area contributed by atoms with Crippen LogP contribution < -0.4 is 9.46 Å². The molecule has 1 N–H and O–H groups in total. The molecule has 0 spiro atoms. The Kier molecular flexibility index (Phi) is 7.11. The van der Waals surface area contributed by atoms with E-state index in [-0.39, 0.29) is 23.7 Å². The molecule has 27 heavy (non-hydrogen) atoms. The number of benzene rings is 2. The molecule has 0 fully saturated rings. The fourth-order valence-corrected chi connectivity index (χ4v) is 3.14. The number of hydrogen-bond donors (Lipinski definition) is 1. The monoisotopic (exact) mass is 386 g/mol. The first kappa shape index (κ1) is 20.2. The summed E-state index contributed by atoms with van der Waals surface area (Å²) in [5, 5.41) is 10.7. The number of para-hydroxylation sites is 1. The molecule has 8 heteroatoms. The number of hydrogen-bond acceptors (Lipinski definition) is 5. The molecule has 0 atom stereocenters. The van der Waals surface area contributed by atoms with Gasteiger partial charge in [-0.25, -0.2) is 8.42 Å². The number of rotatable bonds is 8. The Morgan fingerprint density at radius 1 is 1.19 bits per heavy atom. The molecule has 0 bridgehead atoms. The fraction of sp³-hybridized carbons (Fsp3) is 0.158. The van der Waals surface area contributed by atoms with Crippen LogP contribution in [-0.2, 0) is 16.4 Å². The smallest absolute Gasteiger partial charge is 0.270 e. The van der Waals surface area contributed by atoms with Crippen LogP contribution in [-0.4, -0.2) is 26.5 Å². The highest BCUT2D eigenvalue weighted by atomic mass is 32.2. The van der Waals surface area contributed by atoms with E-state index in [1.165, 1.54) is 18.2 Å². The van der Waals surface area contributed by atoms with E-state index in [2.05, 4.69) is 23.1 Å². The molecule has 2 aromatic carbocycles. The van der Waals surface area contributed by atoms with Gasteiger partial charge in [-0.1, -0.05) is 42.2 Å². The van der Waals surface area contributed by atoms with Crippen LogP contribution in [0.5, 0.6) is 5.75 Å². The van der Waals surface area contributed by atoms with E-state index in [1.54, 1.807) is 6.08 Å². The van der Waals surface area contributed by atoms with Crippen molar-refractivity contribution in [3.8, 4) is 17.6 Å². The van der Waals surface area contributed by atoms with Crippen LogP contribution in [0, 0.1) is 22.0 Å². The topological polar surface area (TPSA) is 98.5 Å². The number of nitro groups is 1. The molecule has 0 heterocycles. The molecule has 0 aliphatic heterocycles. The van der Waals surface area contributed by atoms with Gasteiger partial charge in [0.25, 0.3) is 5.69 Å². The van der Waals surface area contributed by atoms with E-state index in [4.69, 9.17) is 4.74 Å². The van der Waals surface area contributed by atoms with Gasteiger partial charge in [0, 0.05) is 12.1 Å². The van der Waals surface area contributed by atoms with Crippen LogP contribution in [0.1, 0.15) is 5.56 Å². The first-order chi connectivity index (χ1) is 12.9. The third-order valence-corrected chi connectivity index (χ3v) is 4.85. The molecule has 7 nitrogen and oxygen atoms in total. The minimum atomic E-state index is -3.88. The maximum atomic E-state index is 12.1. The van der Waals surface area contributed by atoms with Gasteiger partial charge in [-0.15, -0.1) is 6.58 Å². The van der Waals surface area contributed by atoms with Gasteiger partial charge in [-0.3, -0.25) is 10.1 Å². The van der Waals surface area contributed by atoms with Crippen molar-refractivity contribution in [2.75, 3.05) is 13.2 Å². The van der Waals surface area contributed by atoms with Crippen LogP contribution in [0.2, 0.25) is 0 Å². The first-order valence-electron chi connectivity index (χ1n) is 7.95. The fourth-order valence-electron chi connectivity index (χ4n) is 2.17. The second kappa shape index (κ2) is 9.52. The van der Waals surface area contributed by atoms with Crippen LogP contribution in [0.4, 0.5) is 5.69 Å². The van der Waals surface area contributed by atoms with Crippen molar-refractivity contribution in [3.05, 3.63) is 76.9 Å². The Labute approximate surface area is 157 Å². The van der Waals surface area contributed by atoms with Gasteiger partial charge in [0.15, 0.2) is 0 Å². The highest BCUT2D eigenvalue weighted by Gasteiger charge is 2.16. The molecule has 2 rings (SSSR count). The highest BCUT2D eigenvalue weighted by molar-refractivity contribution is 7.89. The van der Waals surface area contributed by atoms with Crippen molar-refractivity contribution in [2.45, 2.75) is 11.3 Å². The summed E-state index contributed by atoms with van der Waals surface area (Å²) in [5.41, 5.74) is 0.691. The quantitative estimate of drug-likeness (QED) is 0.325. The molecule has 0 aromatic heterocycles. The second-order valence-corrected chi connectivity index (χ2v) is 7.09. The third-order valence-electron chi connectivity index (χ3n) is 3.45. The van der Waals surface area contributed by atoms with Gasteiger partial charge in [-0.05, 0) is 24.1 Å². The molecular weight excluding hydrogens is 368 g/mol. The molecule has 2 aromatic rings. The standard InChI is InChI=1S/C19H18N2O5S/c1-2-8-16-9-3-4-12-19(16)26-14-6-5-13-20-27(24,25)18-11-7-10-17(15-18)21(22)23/h2-4,7,9-12,15,20H,1,8,13-14H2. The Balaban J connectivity index is 1.91. The lowest BCUT2D eigenvalue weighted by molar-refractivity contribution is -0.385. The second-order valence-electron chi connectivity index (χ2n) is 5.32. The Hall–Kier alpha value is -3.15. The molecular formula is C19H18N2O5S. The average Bonchev–Trinajstić information content (AvgIpc) is 2.66. The minimum absolute atomic E-state index is 0.104. The normalized spacial score (nSPS) is 10.5. The largest absolute Gasteiger partial charge is 0.481 e. The summed E-state index contributed by atoms with van der Waals surface area (Å²) in [5.74, 6) is 6.07. The zero-order chi connectivity index (χ0) is 19.7. The van der Waals surface area contributed by atoms with E-state index in [0.717, 1.165) is 11.6 Å². The number of nitrogens with zero attached hydrogens (tertiary/aromatic N) is 1. The molecule has 0 radical (unpaired) electrons. The molecule has 0 aliphatic rings. The van der Waals surface area contributed by atoms with Gasteiger partial charge < -0.3 is 4.74 Å². The third kappa shape index (κ3) is 5.95. The predicted molar refractivity (Wildman–Crippen MR) is 102 cm³/mol. The lowest BCUT2D eigenvalue weighted by Crippen LogP contribution is -2.24. The summed E-state index contributed by atoms with van der Waals surface area (Å²) in [4.78, 5) is 9.90. The number of non-ortho nitro benzene ring substituents is 1. The van der Waals surface area contributed by atoms with E-state index in [9.17, 15) is 18.5 Å². The molecule has 0 saturated heterocycles. The Morgan fingerprint density at radius 3 is 2.70 bits per heavy atom. The molecule has 0 aliphatic carbocycles. The zero-order valence-electron chi connectivity index (χ0n) is 14.4. The molecule has 140 valence electrons. The van der Waals surface area contributed by atoms with Crippen LogP contribution in [0.25, 0.3) is 0 Å². The summed E-state index contributed by atoms with van der Waals surface area (Å²) < 4.78 is 32.1. The van der Waals surface area contributed by atoms with E-state index in [0.29, 0.717) is 12.2 Å². The average molecular weight is 386 g/mol. The molecule has 0 amide bonds. The number of nitrogens with one attached hydrogen (secondary N) is 1. The SMILES string of the molecule is C=CCc1ccccc1OCC#CCNS(=O)(=O)c1cccc([N+](=O)[O-])c1. The molecule has 0 unspecified atom stereocenters. The van der Waals surface area contributed by atoms with Crippen molar-refractivity contribution in [3.63, 3.8) is 0 Å². The van der Waals surface area contributed by atoms with E-state index in [1.807, 2.05) is 24.3 Å². The van der Waals surface area contributed by atoms with Crippen LogP contribution in [0.15, 0.2) is 66.1 Å². The number of sulfonamides is 1. The van der Waals surface area contributed by atoms with Crippen molar-refractivity contribution in [1.29, 1.82) is 0 Å². The summed E-state index contributed by atoms with van der Waals surface area (Å²) in [6, 6.07) is 12.3. The Bertz CT molecular complexity index is 990. The summed E-state index contributed by atoms with van der Waals surface area (Å²) in [6.45, 7) is 3.66. The van der Waals surface area contributed by atoms with Gasteiger partial charge in [0.2, 0.25) is 10.0 Å². The summed E-state index contributed by atoms with van der Waals surface area (Å²) in [6.07, 6.45) is 2.45. The Morgan fingerprint density at radius 2 is 1.96 bits per heavy atom. The van der Waals surface area contributed by atoms with E-state index >= 15 is 0 Å². The summed E-state index contributed by atoms with van der Waals surface area (Å²) >= 11 is 0. The summed E-state index contributed by atoms with van der Waals surface area (Å²) in [7, 11) is -3.88. The number of nitro benzene ring substituents is 1. The molecule has 0 saturated carbocycles. The van der Waals surface area contributed by atoms with Crippen molar-refractivity contribution in [1.82, 2.24) is 4.72 Å². The number of allylic oxidation sites excluding steroid dienone is 1. The van der Waals surface area contributed by atoms with Crippen molar-refractivity contribution in [2.24, 2.45) is 0 Å². The van der Waals surface area contributed by atoms with Crippen molar-refractivity contribution < 1.29 is 18.1 Å². The van der Waals surface area contributed by atoms with Gasteiger partial charge in [-0.2, -0.15) is 4.72 Å². The maximum absolute atomic E-state index is 12.1. The van der Waals surface area contributed by atoms with E-state index < -0.39 is 14.9 Å². The van der Waals surface area contributed by atoms with Crippen molar-refractivity contribution >= 4 is 15.7 Å². The highest BCUT2D eigenvalue weighted by Crippen LogP contribution is 2.18. The zero-order valence-corrected chi connectivity index (χ0v) is 15.2. The van der Waals surface area contributed by atoms with Crippen LogP contribution >= 0.6 is 0 Å². The minimum Gasteiger partial charge on any atom is -0.481 e. The van der Waals surface area contributed by atoms with Gasteiger partial charge in [0.1, 0.15) is 12.4 Å². The lowest BCUT2D eigenvalue weighted by atomic mass is 10.1. The number of ether oxygens (including phenoxy) is 1. The van der Waals surface area contributed by atoms with Crippen LogP contribution in [0.3, 0.4) is 0 Å². The van der Waals surface area contributed by atoms with Gasteiger partial charge >= 0.3 is 0 Å². The first-order valence-corrected chi connectivity index (χ1v) is 9.44. The van der Waals surface area contributed by atoms with Gasteiger partial charge in [0.05, 0.1) is 16.4 Å². The lowest BCUT2D eigenvalue weighted by Gasteiger charge is -2.07.